The second-order valence-corrected chi connectivity index (χ2v) is 11.3. The summed E-state index contributed by atoms with van der Waals surface area (Å²) < 4.78 is 13.0. The van der Waals surface area contributed by atoms with Gasteiger partial charge in [0.25, 0.3) is 0 Å². The number of anilines is 2. The molecule has 3 aromatic carbocycles. The van der Waals surface area contributed by atoms with Crippen LogP contribution in [0.4, 0.5) is 25.4 Å². The first kappa shape index (κ1) is 31.7. The lowest BCUT2D eigenvalue weighted by molar-refractivity contribution is -0.121. The largest absolute Gasteiger partial charge is 0.347 e. The van der Waals surface area contributed by atoms with Gasteiger partial charge in [-0.1, -0.05) is 35.3 Å². The lowest BCUT2D eigenvalue weighted by Gasteiger charge is -2.38. The number of hydrogen-bond acceptors (Lipinski definition) is 5. The average Bonchev–Trinajstić information content (AvgIpc) is 3.17. The van der Waals surface area contributed by atoms with Gasteiger partial charge in [0, 0.05) is 34.4 Å². The van der Waals surface area contributed by atoms with Gasteiger partial charge in [-0.05, 0) is 92.9 Å². The first-order valence-corrected chi connectivity index (χ1v) is 14.2. The highest BCUT2D eigenvalue weighted by Gasteiger charge is 2.55. The molecule has 0 aromatic heterocycles. The van der Waals surface area contributed by atoms with Crippen LogP contribution in [0.15, 0.2) is 77.9 Å². The zero-order valence-corrected chi connectivity index (χ0v) is 25.0. The standard InChI is InChI=1S/C30H31Cl2FN6O4/c1-30(2)27(39(43)28(41)35-24-14-8-21(31)9-15-24)38(25-16-10-22(32)11-17-25)29(42)37(30)18-4-3-5-26(40)36-34-19-20-6-12-23(33)13-7-20/h6-17,19,27,43H,3-5,18H2,1-2H3,(H,35,41)(H,36,40)/b34-19-. The molecule has 1 aliphatic heterocycles. The van der Waals surface area contributed by atoms with E-state index in [0.29, 0.717) is 44.9 Å². The number of hydroxylamine groups is 2. The number of unbranched alkanes of at least 4 members (excludes halogenated alkanes) is 1. The second-order valence-electron chi connectivity index (χ2n) is 10.4. The molecule has 1 aliphatic rings. The number of benzene rings is 3. The van der Waals surface area contributed by atoms with Crippen LogP contribution in [0.2, 0.25) is 10.0 Å². The van der Waals surface area contributed by atoms with Gasteiger partial charge in [0.1, 0.15) is 5.82 Å². The first-order valence-electron chi connectivity index (χ1n) is 13.5. The zero-order valence-electron chi connectivity index (χ0n) is 23.5. The Labute approximate surface area is 258 Å². The van der Waals surface area contributed by atoms with Crippen LogP contribution in [-0.2, 0) is 4.79 Å². The smallest absolute Gasteiger partial charge is 0.315 e. The Hall–Kier alpha value is -4.19. The van der Waals surface area contributed by atoms with Gasteiger partial charge >= 0.3 is 12.1 Å². The van der Waals surface area contributed by atoms with Crippen LogP contribution in [0.25, 0.3) is 0 Å². The fourth-order valence-electron chi connectivity index (χ4n) is 4.75. The number of halogens is 3. The molecular weight excluding hydrogens is 598 g/mol. The van der Waals surface area contributed by atoms with Crippen molar-refractivity contribution in [2.45, 2.75) is 44.8 Å². The Morgan fingerprint density at radius 1 is 1.00 bits per heavy atom. The van der Waals surface area contributed by atoms with Crippen LogP contribution in [0.1, 0.15) is 38.7 Å². The van der Waals surface area contributed by atoms with Gasteiger partial charge < -0.3 is 10.2 Å². The van der Waals surface area contributed by atoms with E-state index >= 15 is 0 Å². The van der Waals surface area contributed by atoms with Crippen molar-refractivity contribution >= 4 is 58.8 Å². The van der Waals surface area contributed by atoms with Gasteiger partial charge in [-0.2, -0.15) is 10.2 Å². The van der Waals surface area contributed by atoms with Gasteiger partial charge in [0.15, 0.2) is 6.17 Å². The van der Waals surface area contributed by atoms with E-state index in [1.54, 1.807) is 67.3 Å². The maximum atomic E-state index is 13.8. The topological polar surface area (TPSA) is 118 Å². The van der Waals surface area contributed by atoms with Crippen molar-refractivity contribution in [1.29, 1.82) is 0 Å². The Balaban J connectivity index is 1.42. The van der Waals surface area contributed by atoms with Crippen molar-refractivity contribution in [1.82, 2.24) is 15.4 Å². The molecule has 0 bridgehead atoms. The molecule has 1 saturated heterocycles. The predicted octanol–water partition coefficient (Wildman–Crippen LogP) is 6.72. The number of hydrazone groups is 1. The summed E-state index contributed by atoms with van der Waals surface area (Å²) in [6, 6.07) is 17.3. The Bertz CT molecular complexity index is 1470. The average molecular weight is 630 g/mol. The minimum Gasteiger partial charge on any atom is -0.315 e. The number of amides is 5. The predicted molar refractivity (Wildman–Crippen MR) is 164 cm³/mol. The van der Waals surface area contributed by atoms with E-state index in [1.807, 2.05) is 0 Å². The number of nitrogens with zero attached hydrogens (tertiary/aromatic N) is 4. The summed E-state index contributed by atoms with van der Waals surface area (Å²) in [6.07, 6.45) is 1.37. The summed E-state index contributed by atoms with van der Waals surface area (Å²) in [7, 11) is 0. The van der Waals surface area contributed by atoms with Crippen molar-refractivity contribution in [2.75, 3.05) is 16.8 Å². The number of urea groups is 2. The third-order valence-electron chi connectivity index (χ3n) is 6.96. The van der Waals surface area contributed by atoms with Crippen LogP contribution < -0.4 is 15.6 Å². The summed E-state index contributed by atoms with van der Waals surface area (Å²) >= 11 is 12.0. The maximum absolute atomic E-state index is 13.8. The molecule has 10 nitrogen and oxygen atoms in total. The summed E-state index contributed by atoms with van der Waals surface area (Å²) in [5, 5.41) is 19.1. The summed E-state index contributed by atoms with van der Waals surface area (Å²) in [6.45, 7) is 3.76. The fourth-order valence-corrected chi connectivity index (χ4v) is 5.00. The van der Waals surface area contributed by atoms with E-state index in [-0.39, 0.29) is 24.7 Å². The Morgan fingerprint density at radius 2 is 1.60 bits per heavy atom. The minimum absolute atomic E-state index is 0.156. The van der Waals surface area contributed by atoms with Crippen LogP contribution in [-0.4, -0.2) is 57.6 Å². The third-order valence-corrected chi connectivity index (χ3v) is 7.46. The number of nitrogens with one attached hydrogen (secondary N) is 2. The summed E-state index contributed by atoms with van der Waals surface area (Å²) in [5.41, 5.74) is 2.86. The molecule has 0 spiro atoms. The van der Waals surface area contributed by atoms with Gasteiger partial charge in [-0.15, -0.1) is 0 Å². The molecule has 3 N–H and O–H groups in total. The Morgan fingerprint density at radius 3 is 2.23 bits per heavy atom. The quantitative estimate of drug-likeness (QED) is 0.0999. The molecule has 0 aliphatic carbocycles. The molecular formula is C30H31Cl2FN6O4. The van der Waals surface area contributed by atoms with E-state index in [0.717, 1.165) is 0 Å². The van der Waals surface area contributed by atoms with Crippen LogP contribution >= 0.6 is 23.2 Å². The molecule has 1 fully saturated rings. The molecule has 5 amide bonds. The van der Waals surface area contributed by atoms with Gasteiger partial charge in [-0.3, -0.25) is 14.9 Å². The van der Waals surface area contributed by atoms with Crippen LogP contribution in [0.5, 0.6) is 0 Å². The molecule has 1 unspecified atom stereocenters. The molecule has 226 valence electrons. The molecule has 0 saturated carbocycles. The number of rotatable bonds is 10. The van der Waals surface area contributed by atoms with Crippen molar-refractivity contribution in [3.8, 4) is 0 Å². The zero-order chi connectivity index (χ0) is 31.1. The third kappa shape index (κ3) is 7.81. The highest BCUT2D eigenvalue weighted by molar-refractivity contribution is 6.31. The van der Waals surface area contributed by atoms with E-state index in [4.69, 9.17) is 23.2 Å². The highest BCUT2D eigenvalue weighted by atomic mass is 35.5. The number of carbonyl (C=O) groups is 3. The minimum atomic E-state index is -1.11. The number of carbonyl (C=O) groups excluding carboxylic acids is 3. The molecule has 3 aromatic rings. The Kier molecular flexibility index (Phi) is 10.2. The van der Waals surface area contributed by atoms with Crippen LogP contribution in [0, 0.1) is 5.82 Å². The lowest BCUT2D eigenvalue weighted by Crippen LogP contribution is -2.58. The van der Waals surface area contributed by atoms with E-state index in [1.165, 1.54) is 35.4 Å². The van der Waals surface area contributed by atoms with Gasteiger partial charge in [0.05, 0.1) is 11.8 Å². The first-order chi connectivity index (χ1) is 20.5. The summed E-state index contributed by atoms with van der Waals surface area (Å²) in [4.78, 5) is 42.1. The van der Waals surface area contributed by atoms with Crippen molar-refractivity contribution < 1.29 is 24.0 Å². The number of hydrogen-bond donors (Lipinski definition) is 3. The van der Waals surface area contributed by atoms with E-state index in [2.05, 4.69) is 15.8 Å². The van der Waals surface area contributed by atoms with Crippen molar-refractivity contribution in [2.24, 2.45) is 5.10 Å². The molecule has 13 heteroatoms. The van der Waals surface area contributed by atoms with Gasteiger partial charge in [0.2, 0.25) is 5.91 Å². The van der Waals surface area contributed by atoms with Gasteiger partial charge in [-0.25, -0.2) is 19.4 Å². The monoisotopic (exact) mass is 628 g/mol. The molecule has 43 heavy (non-hydrogen) atoms. The second kappa shape index (κ2) is 13.9. The molecule has 4 rings (SSSR count). The highest BCUT2D eigenvalue weighted by Crippen LogP contribution is 2.38. The molecule has 0 radical (unpaired) electrons. The normalized spacial score (nSPS) is 16.0. The van der Waals surface area contributed by atoms with E-state index < -0.39 is 23.8 Å². The van der Waals surface area contributed by atoms with E-state index in [9.17, 15) is 24.0 Å². The fraction of sp³-hybridized carbons (Fsp3) is 0.267. The lowest BCUT2D eigenvalue weighted by atomic mass is 9.99. The maximum Gasteiger partial charge on any atom is 0.347 e. The van der Waals surface area contributed by atoms with Crippen LogP contribution in [0.3, 0.4) is 0 Å². The molecule has 1 atom stereocenters. The molecule has 1 heterocycles. The SMILES string of the molecule is CC1(C)C(N(O)C(=O)Nc2ccc(Cl)cc2)N(c2ccc(Cl)cc2)C(=O)N1CCCCC(=O)N/N=C\c1ccc(F)cc1. The van der Waals surface area contributed by atoms with Crippen molar-refractivity contribution in [3.63, 3.8) is 0 Å². The van der Waals surface area contributed by atoms with Crippen molar-refractivity contribution in [3.05, 3.63) is 94.2 Å². The summed E-state index contributed by atoms with van der Waals surface area (Å²) in [5.74, 6) is -0.678.